The summed E-state index contributed by atoms with van der Waals surface area (Å²) >= 11 is 1.39. The molecule has 4 rings (SSSR count). The summed E-state index contributed by atoms with van der Waals surface area (Å²) in [5, 5.41) is 5.30. The van der Waals surface area contributed by atoms with Crippen LogP contribution in [0.3, 0.4) is 0 Å². The van der Waals surface area contributed by atoms with Gasteiger partial charge in [-0.25, -0.2) is 4.98 Å². The van der Waals surface area contributed by atoms with Crippen LogP contribution in [0, 0.1) is 0 Å². The van der Waals surface area contributed by atoms with Crippen molar-refractivity contribution in [2.45, 2.75) is 26.3 Å². The zero-order chi connectivity index (χ0) is 20.4. The quantitative estimate of drug-likeness (QED) is 0.639. The molecule has 146 valence electrons. The van der Waals surface area contributed by atoms with Crippen molar-refractivity contribution in [3.63, 3.8) is 0 Å². The summed E-state index contributed by atoms with van der Waals surface area (Å²) < 4.78 is 0. The number of carbonyl (C=O) groups excluding carboxylic acids is 2. The largest absolute Gasteiger partial charge is 0.309 e. The first-order chi connectivity index (χ1) is 14.0. The van der Waals surface area contributed by atoms with Crippen LogP contribution in [0.15, 0.2) is 60.0 Å². The van der Waals surface area contributed by atoms with Gasteiger partial charge in [0, 0.05) is 35.7 Å². The van der Waals surface area contributed by atoms with Gasteiger partial charge in [-0.2, -0.15) is 0 Å². The Hall–Kier alpha value is -3.25. The maximum Gasteiger partial charge on any atom is 0.250 e. The van der Waals surface area contributed by atoms with Gasteiger partial charge < -0.3 is 4.90 Å². The van der Waals surface area contributed by atoms with Crippen molar-refractivity contribution in [2.75, 3.05) is 10.2 Å². The standard InChI is InChI=1S/C23H21N3O2S/c1-15-12-19-13-18(9-10-21(19)26(15)16(2)27)20-14-29-23(24-20)25-22(28)11-8-17-6-4-3-5-7-17/h3-11,13-15H,12H2,1-2H3,(H,24,25,28)/b11-8+/t15-/m1/s1. The molecule has 3 aromatic rings. The fraction of sp³-hybridized carbons (Fsp3) is 0.174. The minimum atomic E-state index is -0.213. The maximum absolute atomic E-state index is 12.2. The number of carbonyl (C=O) groups is 2. The van der Waals surface area contributed by atoms with Crippen LogP contribution in [-0.2, 0) is 16.0 Å². The van der Waals surface area contributed by atoms with E-state index in [0.717, 1.165) is 34.5 Å². The molecule has 0 unspecified atom stereocenters. The number of nitrogens with one attached hydrogen (secondary N) is 1. The van der Waals surface area contributed by atoms with Gasteiger partial charge in [-0.1, -0.05) is 36.4 Å². The first kappa shape index (κ1) is 19.1. The normalized spacial score (nSPS) is 15.5. The van der Waals surface area contributed by atoms with Crippen LogP contribution < -0.4 is 10.2 Å². The lowest BCUT2D eigenvalue weighted by atomic mass is 10.1. The number of anilines is 2. The second-order valence-electron chi connectivity index (χ2n) is 7.06. The highest BCUT2D eigenvalue weighted by Crippen LogP contribution is 2.36. The lowest BCUT2D eigenvalue weighted by Gasteiger charge is -2.20. The number of rotatable bonds is 4. The third-order valence-electron chi connectivity index (χ3n) is 4.89. The van der Waals surface area contributed by atoms with E-state index in [9.17, 15) is 9.59 Å². The van der Waals surface area contributed by atoms with E-state index in [2.05, 4.69) is 23.3 Å². The molecule has 5 nitrogen and oxygen atoms in total. The molecule has 6 heteroatoms. The number of thiazole rings is 1. The molecule has 0 saturated carbocycles. The lowest BCUT2D eigenvalue weighted by Crippen LogP contribution is -2.33. The summed E-state index contributed by atoms with van der Waals surface area (Å²) in [4.78, 5) is 30.4. The monoisotopic (exact) mass is 403 g/mol. The summed E-state index contributed by atoms with van der Waals surface area (Å²) in [6, 6.07) is 15.9. The first-order valence-corrected chi connectivity index (χ1v) is 10.3. The molecule has 0 bridgehead atoms. The van der Waals surface area contributed by atoms with Gasteiger partial charge in [0.15, 0.2) is 5.13 Å². The second-order valence-corrected chi connectivity index (χ2v) is 7.91. The Labute approximate surface area is 173 Å². The van der Waals surface area contributed by atoms with E-state index < -0.39 is 0 Å². The molecule has 0 aliphatic carbocycles. The molecule has 0 fully saturated rings. The third kappa shape index (κ3) is 4.12. The van der Waals surface area contributed by atoms with E-state index in [0.29, 0.717) is 5.13 Å². The Balaban J connectivity index is 1.47. The van der Waals surface area contributed by atoms with Crippen LogP contribution in [-0.4, -0.2) is 22.8 Å². The van der Waals surface area contributed by atoms with Gasteiger partial charge in [-0.15, -0.1) is 11.3 Å². The van der Waals surface area contributed by atoms with Crippen molar-refractivity contribution in [1.29, 1.82) is 0 Å². The van der Waals surface area contributed by atoms with Crippen LogP contribution in [0.4, 0.5) is 10.8 Å². The fourth-order valence-electron chi connectivity index (χ4n) is 3.62. The number of hydrogen-bond donors (Lipinski definition) is 1. The Morgan fingerprint density at radius 1 is 1.21 bits per heavy atom. The molecule has 29 heavy (non-hydrogen) atoms. The fourth-order valence-corrected chi connectivity index (χ4v) is 4.34. The predicted octanol–water partition coefficient (Wildman–Crippen LogP) is 4.76. The van der Waals surface area contributed by atoms with Crippen molar-refractivity contribution in [3.8, 4) is 11.3 Å². The van der Waals surface area contributed by atoms with Gasteiger partial charge in [0.2, 0.25) is 11.8 Å². The SMILES string of the molecule is CC(=O)N1c2ccc(-c3csc(NC(=O)/C=C/c4ccccc4)n3)cc2C[C@H]1C. The molecular formula is C23H21N3O2S. The molecule has 0 radical (unpaired) electrons. The van der Waals surface area contributed by atoms with Gasteiger partial charge >= 0.3 is 0 Å². The van der Waals surface area contributed by atoms with Crippen molar-refractivity contribution in [3.05, 3.63) is 71.1 Å². The summed E-state index contributed by atoms with van der Waals surface area (Å²) in [6.45, 7) is 3.65. The molecule has 0 saturated heterocycles. The summed E-state index contributed by atoms with van der Waals surface area (Å²) in [5.74, 6) is -0.152. The molecule has 2 aromatic carbocycles. The van der Waals surface area contributed by atoms with Crippen LogP contribution in [0.2, 0.25) is 0 Å². The molecule has 1 aliphatic heterocycles. The van der Waals surface area contributed by atoms with E-state index in [1.165, 1.54) is 17.4 Å². The van der Waals surface area contributed by atoms with Crippen molar-refractivity contribution < 1.29 is 9.59 Å². The maximum atomic E-state index is 12.2. The minimum absolute atomic E-state index is 0.0613. The predicted molar refractivity (Wildman–Crippen MR) is 118 cm³/mol. The average Bonchev–Trinajstić information content (AvgIpc) is 3.29. The van der Waals surface area contributed by atoms with Crippen molar-refractivity contribution in [2.24, 2.45) is 0 Å². The number of amides is 2. The van der Waals surface area contributed by atoms with Gasteiger partial charge in [-0.05, 0) is 42.7 Å². The Bertz CT molecular complexity index is 1090. The second kappa shape index (κ2) is 8.01. The lowest BCUT2D eigenvalue weighted by molar-refractivity contribution is -0.117. The number of aromatic nitrogens is 1. The van der Waals surface area contributed by atoms with Crippen LogP contribution >= 0.6 is 11.3 Å². The minimum Gasteiger partial charge on any atom is -0.309 e. The zero-order valence-corrected chi connectivity index (χ0v) is 17.1. The van der Waals surface area contributed by atoms with Crippen LogP contribution in [0.5, 0.6) is 0 Å². The first-order valence-electron chi connectivity index (χ1n) is 9.44. The molecule has 2 amide bonds. The summed E-state index contributed by atoms with van der Waals surface area (Å²) in [5.41, 5.74) is 4.89. The molecule has 0 spiro atoms. The molecule has 2 heterocycles. The average molecular weight is 404 g/mol. The zero-order valence-electron chi connectivity index (χ0n) is 16.3. The molecular weight excluding hydrogens is 382 g/mol. The number of nitrogens with zero attached hydrogens (tertiary/aromatic N) is 2. The number of hydrogen-bond acceptors (Lipinski definition) is 4. The van der Waals surface area contributed by atoms with Gasteiger partial charge in [0.25, 0.3) is 0 Å². The topological polar surface area (TPSA) is 62.3 Å². The van der Waals surface area contributed by atoms with Gasteiger partial charge in [-0.3, -0.25) is 14.9 Å². The summed E-state index contributed by atoms with van der Waals surface area (Å²) in [6.07, 6.45) is 4.11. The highest BCUT2D eigenvalue weighted by molar-refractivity contribution is 7.14. The van der Waals surface area contributed by atoms with Crippen molar-refractivity contribution >= 4 is 40.0 Å². The van der Waals surface area contributed by atoms with E-state index in [-0.39, 0.29) is 17.9 Å². The molecule has 1 aliphatic rings. The van der Waals surface area contributed by atoms with Gasteiger partial charge in [0.05, 0.1) is 5.69 Å². The summed E-state index contributed by atoms with van der Waals surface area (Å²) in [7, 11) is 0. The third-order valence-corrected chi connectivity index (χ3v) is 5.65. The van der Waals surface area contributed by atoms with E-state index in [4.69, 9.17) is 0 Å². The molecule has 1 N–H and O–H groups in total. The highest BCUT2D eigenvalue weighted by atomic mass is 32.1. The van der Waals surface area contributed by atoms with Crippen molar-refractivity contribution in [1.82, 2.24) is 4.98 Å². The Kier molecular flexibility index (Phi) is 5.27. The molecule has 1 atom stereocenters. The smallest absolute Gasteiger partial charge is 0.250 e. The Morgan fingerprint density at radius 2 is 2.00 bits per heavy atom. The number of fused-ring (bicyclic) bond motifs is 1. The van der Waals surface area contributed by atoms with Crippen LogP contribution in [0.25, 0.3) is 17.3 Å². The Morgan fingerprint density at radius 3 is 2.76 bits per heavy atom. The van der Waals surface area contributed by atoms with Gasteiger partial charge in [0.1, 0.15) is 0 Å². The van der Waals surface area contributed by atoms with Crippen LogP contribution in [0.1, 0.15) is 25.0 Å². The highest BCUT2D eigenvalue weighted by Gasteiger charge is 2.29. The molecule has 1 aromatic heterocycles. The van der Waals surface area contributed by atoms with E-state index >= 15 is 0 Å². The number of benzene rings is 2. The van der Waals surface area contributed by atoms with E-state index in [1.54, 1.807) is 13.0 Å². The van der Waals surface area contributed by atoms with E-state index in [1.807, 2.05) is 52.7 Å².